The minimum absolute atomic E-state index is 0.629. The summed E-state index contributed by atoms with van der Waals surface area (Å²) in [6.07, 6.45) is 0. The Morgan fingerprint density at radius 3 is 2.71 bits per heavy atom. The van der Waals surface area contributed by atoms with Crippen molar-refractivity contribution < 1.29 is 4.42 Å². The molecule has 3 aromatic rings. The van der Waals surface area contributed by atoms with E-state index in [4.69, 9.17) is 10.2 Å². The summed E-state index contributed by atoms with van der Waals surface area (Å²) < 4.78 is 6.70. The highest BCUT2D eigenvalue weighted by molar-refractivity contribution is 14.1. The monoisotopic (exact) mass is 336 g/mol. The van der Waals surface area contributed by atoms with Crippen LogP contribution < -0.4 is 5.73 Å². The van der Waals surface area contributed by atoms with E-state index in [1.807, 2.05) is 42.5 Å². The summed E-state index contributed by atoms with van der Waals surface area (Å²) in [6, 6.07) is 13.5. The topological polar surface area (TPSA) is 52.0 Å². The van der Waals surface area contributed by atoms with Gasteiger partial charge in [0.25, 0.3) is 0 Å². The maximum atomic E-state index is 5.78. The van der Waals surface area contributed by atoms with Crippen LogP contribution in [0.1, 0.15) is 0 Å². The van der Waals surface area contributed by atoms with Crippen LogP contribution in [-0.2, 0) is 0 Å². The molecule has 0 fully saturated rings. The maximum absolute atomic E-state index is 5.78. The number of rotatable bonds is 1. The molecule has 0 aliphatic rings. The number of aromatic nitrogens is 1. The molecule has 0 amide bonds. The van der Waals surface area contributed by atoms with Crippen LogP contribution >= 0.6 is 22.6 Å². The fourth-order valence-electron chi connectivity index (χ4n) is 1.66. The van der Waals surface area contributed by atoms with E-state index in [1.54, 1.807) is 0 Å². The van der Waals surface area contributed by atoms with Crippen molar-refractivity contribution in [2.45, 2.75) is 0 Å². The molecule has 2 aromatic carbocycles. The lowest BCUT2D eigenvalue weighted by molar-refractivity contribution is 0.620. The molecule has 0 saturated carbocycles. The van der Waals surface area contributed by atoms with Gasteiger partial charge in [-0.2, -0.15) is 0 Å². The minimum Gasteiger partial charge on any atom is -0.436 e. The first-order valence-corrected chi connectivity index (χ1v) is 6.23. The summed E-state index contributed by atoms with van der Waals surface area (Å²) >= 11 is 2.20. The van der Waals surface area contributed by atoms with Crippen LogP contribution in [0.15, 0.2) is 46.9 Å². The summed E-state index contributed by atoms with van der Waals surface area (Å²) in [4.78, 5) is 4.44. The second kappa shape index (κ2) is 4.03. The van der Waals surface area contributed by atoms with Crippen molar-refractivity contribution in [3.05, 3.63) is 46.0 Å². The van der Waals surface area contributed by atoms with Crippen molar-refractivity contribution in [3.8, 4) is 11.5 Å². The van der Waals surface area contributed by atoms with Gasteiger partial charge in [-0.15, -0.1) is 0 Å². The van der Waals surface area contributed by atoms with Gasteiger partial charge >= 0.3 is 0 Å². The van der Waals surface area contributed by atoms with Crippen molar-refractivity contribution in [3.63, 3.8) is 0 Å². The van der Waals surface area contributed by atoms with E-state index < -0.39 is 0 Å². The lowest BCUT2D eigenvalue weighted by Crippen LogP contribution is -1.89. The van der Waals surface area contributed by atoms with Gasteiger partial charge in [-0.1, -0.05) is 12.1 Å². The Morgan fingerprint density at radius 2 is 1.94 bits per heavy atom. The molecule has 84 valence electrons. The number of oxazole rings is 1. The van der Waals surface area contributed by atoms with E-state index in [9.17, 15) is 0 Å². The molecule has 0 unspecified atom stereocenters. The number of fused-ring (bicyclic) bond motifs is 1. The fourth-order valence-corrected chi connectivity index (χ4v) is 2.17. The van der Waals surface area contributed by atoms with Crippen LogP contribution in [0, 0.1) is 3.57 Å². The highest BCUT2D eigenvalue weighted by Crippen LogP contribution is 2.27. The average Bonchev–Trinajstić information content (AvgIpc) is 2.76. The van der Waals surface area contributed by atoms with Crippen molar-refractivity contribution >= 4 is 39.4 Å². The molecule has 0 bridgehead atoms. The Kier molecular flexibility index (Phi) is 2.51. The largest absolute Gasteiger partial charge is 0.436 e. The van der Waals surface area contributed by atoms with E-state index in [1.165, 1.54) is 0 Å². The predicted molar refractivity (Wildman–Crippen MR) is 76.6 cm³/mol. The number of nitrogens with two attached hydrogens (primary N) is 1. The number of hydrogen-bond donors (Lipinski definition) is 1. The lowest BCUT2D eigenvalue weighted by Gasteiger charge is -1.99. The summed E-state index contributed by atoms with van der Waals surface area (Å²) in [5.74, 6) is 0.629. The summed E-state index contributed by atoms with van der Waals surface area (Å²) in [5.41, 5.74) is 9.17. The number of nitrogen functional groups attached to an aromatic ring is 1. The van der Waals surface area contributed by atoms with Crippen LogP contribution in [0.3, 0.4) is 0 Å². The molecule has 3 nitrogen and oxygen atoms in total. The molecule has 1 aromatic heterocycles. The first-order valence-electron chi connectivity index (χ1n) is 5.15. The molecule has 4 heteroatoms. The van der Waals surface area contributed by atoms with Crippen molar-refractivity contribution in [2.75, 3.05) is 5.73 Å². The molecular formula is C13H9IN2O. The Labute approximate surface area is 112 Å². The van der Waals surface area contributed by atoms with Gasteiger partial charge in [0.05, 0.1) is 0 Å². The Bertz CT molecular complexity index is 658. The molecule has 1 heterocycles. The number of benzene rings is 2. The minimum atomic E-state index is 0.629. The Balaban J connectivity index is 2.17. The van der Waals surface area contributed by atoms with Crippen LogP contribution in [0.5, 0.6) is 0 Å². The van der Waals surface area contributed by atoms with Gasteiger partial charge in [0.2, 0.25) is 5.89 Å². The van der Waals surface area contributed by atoms with Crippen LogP contribution in [-0.4, -0.2) is 4.98 Å². The zero-order chi connectivity index (χ0) is 11.8. The summed E-state index contributed by atoms with van der Waals surface area (Å²) in [6.45, 7) is 0. The molecule has 0 saturated heterocycles. The molecule has 0 aliphatic carbocycles. The standard InChI is InChI=1S/C13H9IN2O/c14-9-7-8(5-6-10(9)15)13-16-11-3-1-2-4-12(11)17-13/h1-7H,15H2. The maximum Gasteiger partial charge on any atom is 0.227 e. The van der Waals surface area contributed by atoms with Gasteiger partial charge in [0, 0.05) is 14.8 Å². The second-order valence-electron chi connectivity index (χ2n) is 3.72. The van der Waals surface area contributed by atoms with Crippen LogP contribution in [0.2, 0.25) is 0 Å². The molecular weight excluding hydrogens is 327 g/mol. The molecule has 0 radical (unpaired) electrons. The average molecular weight is 336 g/mol. The molecule has 3 rings (SSSR count). The van der Waals surface area contributed by atoms with Crippen LogP contribution in [0.4, 0.5) is 5.69 Å². The first-order chi connectivity index (χ1) is 8.24. The lowest BCUT2D eigenvalue weighted by atomic mass is 10.2. The normalized spacial score (nSPS) is 10.9. The van der Waals surface area contributed by atoms with E-state index in [-0.39, 0.29) is 0 Å². The summed E-state index contributed by atoms with van der Waals surface area (Å²) in [5, 5.41) is 0. The third kappa shape index (κ3) is 1.88. The second-order valence-corrected chi connectivity index (χ2v) is 4.89. The number of halogens is 1. The third-order valence-corrected chi connectivity index (χ3v) is 3.48. The number of anilines is 1. The third-order valence-electron chi connectivity index (χ3n) is 2.54. The zero-order valence-corrected chi connectivity index (χ0v) is 11.0. The Hall–Kier alpha value is -1.56. The molecule has 0 atom stereocenters. The highest BCUT2D eigenvalue weighted by Gasteiger charge is 2.08. The van der Waals surface area contributed by atoms with E-state index in [0.29, 0.717) is 5.89 Å². The van der Waals surface area contributed by atoms with Gasteiger partial charge in [0.1, 0.15) is 5.52 Å². The van der Waals surface area contributed by atoms with Crippen molar-refractivity contribution in [2.24, 2.45) is 0 Å². The molecule has 17 heavy (non-hydrogen) atoms. The zero-order valence-electron chi connectivity index (χ0n) is 8.85. The number of nitrogens with zero attached hydrogens (tertiary/aromatic N) is 1. The van der Waals surface area contributed by atoms with Gasteiger partial charge in [0.15, 0.2) is 5.58 Å². The van der Waals surface area contributed by atoms with Gasteiger partial charge < -0.3 is 10.2 Å². The molecule has 0 aliphatic heterocycles. The quantitative estimate of drug-likeness (QED) is 0.545. The van der Waals surface area contributed by atoms with Gasteiger partial charge in [-0.3, -0.25) is 0 Å². The Morgan fingerprint density at radius 1 is 1.12 bits per heavy atom. The smallest absolute Gasteiger partial charge is 0.227 e. The number of para-hydroxylation sites is 2. The first kappa shape index (κ1) is 10.6. The van der Waals surface area contributed by atoms with Gasteiger partial charge in [-0.05, 0) is 52.9 Å². The molecule has 0 spiro atoms. The fraction of sp³-hybridized carbons (Fsp3) is 0. The van der Waals surface area contributed by atoms with E-state index in [0.717, 1.165) is 25.9 Å². The van der Waals surface area contributed by atoms with E-state index >= 15 is 0 Å². The van der Waals surface area contributed by atoms with E-state index in [2.05, 4.69) is 27.6 Å². The SMILES string of the molecule is Nc1ccc(-c2nc3ccccc3o2)cc1I. The van der Waals surface area contributed by atoms with Crippen LogP contribution in [0.25, 0.3) is 22.6 Å². The van der Waals surface area contributed by atoms with Crippen molar-refractivity contribution in [1.29, 1.82) is 0 Å². The highest BCUT2D eigenvalue weighted by atomic mass is 127. The predicted octanol–water partition coefficient (Wildman–Crippen LogP) is 3.68. The summed E-state index contributed by atoms with van der Waals surface area (Å²) in [7, 11) is 0. The number of hydrogen-bond acceptors (Lipinski definition) is 3. The molecule has 2 N–H and O–H groups in total. The van der Waals surface area contributed by atoms with Crippen molar-refractivity contribution in [1.82, 2.24) is 4.98 Å². The van der Waals surface area contributed by atoms with Gasteiger partial charge in [-0.25, -0.2) is 4.98 Å².